The van der Waals surface area contributed by atoms with E-state index < -0.39 is 0 Å². The van der Waals surface area contributed by atoms with Crippen molar-refractivity contribution in [1.82, 2.24) is 0 Å². The van der Waals surface area contributed by atoms with E-state index in [0.717, 1.165) is 17.8 Å². The molecule has 0 saturated carbocycles. The van der Waals surface area contributed by atoms with E-state index >= 15 is 0 Å². The second kappa shape index (κ2) is 12.3. The third-order valence-corrected chi connectivity index (χ3v) is 3.01. The van der Waals surface area contributed by atoms with E-state index in [1.165, 1.54) is 45.1 Å². The molecule has 0 heterocycles. The zero-order valence-electron chi connectivity index (χ0n) is 13.2. The summed E-state index contributed by atoms with van der Waals surface area (Å²) in [5.74, 6) is 0.643. The third kappa shape index (κ3) is 14.3. The molecule has 0 aliphatic carbocycles. The number of hydrogen-bond donors (Lipinski definition) is 0. The Kier molecular flexibility index (Phi) is 14.0. The molecule has 0 aromatic rings. The average molecular weight is 280 g/mol. The molecule has 18 heavy (non-hydrogen) atoms. The van der Waals surface area contributed by atoms with Gasteiger partial charge in [0.25, 0.3) is 0 Å². The summed E-state index contributed by atoms with van der Waals surface area (Å²) >= 11 is 0. The molecule has 0 aromatic carbocycles. The lowest BCUT2D eigenvalue weighted by Gasteiger charge is -2.29. The molecule has 0 unspecified atom stereocenters. The van der Waals surface area contributed by atoms with E-state index in [1.807, 2.05) is 0 Å². The smallest absolute Gasteiger partial charge is 0.182 e. The van der Waals surface area contributed by atoms with Gasteiger partial charge >= 0.3 is 0 Å². The first-order valence-electron chi connectivity index (χ1n) is 7.37. The maximum absolute atomic E-state index is 5.73. The topological polar surface area (TPSA) is 9.23 Å². The summed E-state index contributed by atoms with van der Waals surface area (Å²) in [6, 6.07) is 0. The SMILES string of the molecule is CCCCCCCC[N+](C)(C)COCC(C)C.[Cl-]. The van der Waals surface area contributed by atoms with Crippen LogP contribution in [0.1, 0.15) is 59.3 Å². The fraction of sp³-hybridized carbons (Fsp3) is 1.00. The van der Waals surface area contributed by atoms with Crippen molar-refractivity contribution in [2.45, 2.75) is 59.3 Å². The molecule has 0 aliphatic rings. The van der Waals surface area contributed by atoms with Crippen molar-refractivity contribution in [2.75, 3.05) is 34.0 Å². The van der Waals surface area contributed by atoms with Crippen molar-refractivity contribution in [1.29, 1.82) is 0 Å². The molecule has 0 aliphatic heterocycles. The van der Waals surface area contributed by atoms with Crippen LogP contribution < -0.4 is 12.4 Å². The maximum Gasteiger partial charge on any atom is 0.182 e. The second-order valence-corrected chi connectivity index (χ2v) is 6.32. The van der Waals surface area contributed by atoms with Gasteiger partial charge in [-0.15, -0.1) is 0 Å². The van der Waals surface area contributed by atoms with Gasteiger partial charge in [-0.25, -0.2) is 0 Å². The van der Waals surface area contributed by atoms with Crippen molar-refractivity contribution in [3.05, 3.63) is 0 Å². The minimum Gasteiger partial charge on any atom is -1.00 e. The zero-order valence-corrected chi connectivity index (χ0v) is 13.9. The molecule has 0 spiro atoms. The van der Waals surface area contributed by atoms with Crippen LogP contribution in [0.5, 0.6) is 0 Å². The summed E-state index contributed by atoms with van der Waals surface area (Å²) in [5.41, 5.74) is 0. The minimum atomic E-state index is 0. The lowest BCUT2D eigenvalue weighted by Crippen LogP contribution is -3.00. The normalized spacial score (nSPS) is 11.7. The van der Waals surface area contributed by atoms with Crippen LogP contribution in [0.2, 0.25) is 0 Å². The molecule has 112 valence electrons. The van der Waals surface area contributed by atoms with Crippen LogP contribution in [0, 0.1) is 5.92 Å². The molecule has 0 bridgehead atoms. The van der Waals surface area contributed by atoms with E-state index in [-0.39, 0.29) is 12.4 Å². The summed E-state index contributed by atoms with van der Waals surface area (Å²) in [7, 11) is 4.54. The molecule has 0 N–H and O–H groups in total. The summed E-state index contributed by atoms with van der Waals surface area (Å²) in [6.07, 6.45) is 8.27. The van der Waals surface area contributed by atoms with Gasteiger partial charge in [-0.3, -0.25) is 0 Å². The highest BCUT2D eigenvalue weighted by atomic mass is 35.5. The Balaban J connectivity index is 0. The van der Waals surface area contributed by atoms with Crippen LogP contribution in [0.25, 0.3) is 0 Å². The van der Waals surface area contributed by atoms with E-state index in [4.69, 9.17) is 4.74 Å². The summed E-state index contributed by atoms with van der Waals surface area (Å²) in [6.45, 7) is 9.66. The summed E-state index contributed by atoms with van der Waals surface area (Å²) < 4.78 is 6.73. The van der Waals surface area contributed by atoms with Gasteiger partial charge in [-0.1, -0.05) is 46.5 Å². The second-order valence-electron chi connectivity index (χ2n) is 6.32. The Hall–Kier alpha value is 0.210. The number of rotatable bonds is 11. The lowest BCUT2D eigenvalue weighted by molar-refractivity contribution is -0.910. The van der Waals surface area contributed by atoms with Gasteiger partial charge in [0, 0.05) is 0 Å². The predicted molar refractivity (Wildman–Crippen MR) is 76.0 cm³/mol. The fourth-order valence-corrected chi connectivity index (χ4v) is 1.92. The first kappa shape index (κ1) is 20.5. The third-order valence-electron chi connectivity index (χ3n) is 3.01. The van der Waals surface area contributed by atoms with E-state index in [9.17, 15) is 0 Å². The predicted octanol–water partition coefficient (Wildman–Crippen LogP) is 1.06. The van der Waals surface area contributed by atoms with E-state index in [0.29, 0.717) is 5.92 Å². The van der Waals surface area contributed by atoms with Gasteiger partial charge in [0.15, 0.2) is 6.73 Å². The van der Waals surface area contributed by atoms with Crippen LogP contribution >= 0.6 is 0 Å². The maximum atomic E-state index is 5.73. The van der Waals surface area contributed by atoms with Crippen molar-refractivity contribution in [2.24, 2.45) is 5.92 Å². The molecule has 0 amide bonds. The Bertz CT molecular complexity index is 172. The highest BCUT2D eigenvalue weighted by Gasteiger charge is 2.14. The van der Waals surface area contributed by atoms with Crippen LogP contribution in [-0.2, 0) is 4.74 Å². The Morgan fingerprint density at radius 3 is 2.06 bits per heavy atom. The van der Waals surface area contributed by atoms with Gasteiger partial charge in [0.2, 0.25) is 0 Å². The molecule has 3 heteroatoms. The van der Waals surface area contributed by atoms with Crippen molar-refractivity contribution < 1.29 is 21.6 Å². The number of quaternary nitrogens is 1. The van der Waals surface area contributed by atoms with Gasteiger partial charge in [-0.2, -0.15) is 0 Å². The minimum absolute atomic E-state index is 0. The number of halogens is 1. The standard InChI is InChI=1S/C15H34NO.ClH/c1-6-7-8-9-10-11-12-16(4,5)14-17-13-15(2)3;/h15H,6-14H2,1-5H3;1H/q+1;/p-1. The number of hydrogen-bond acceptors (Lipinski definition) is 1. The molecular formula is C15H34ClNO. The first-order chi connectivity index (χ1) is 7.98. The molecule has 0 atom stereocenters. The highest BCUT2D eigenvalue weighted by molar-refractivity contribution is 4.43. The number of ether oxygens (including phenoxy) is 1. The molecular weight excluding hydrogens is 246 g/mol. The van der Waals surface area contributed by atoms with Gasteiger partial charge < -0.3 is 21.6 Å². The fourth-order valence-electron chi connectivity index (χ4n) is 1.92. The molecule has 2 nitrogen and oxygen atoms in total. The Morgan fingerprint density at radius 2 is 1.50 bits per heavy atom. The quantitative estimate of drug-likeness (QED) is 0.312. The molecule has 0 aromatic heterocycles. The Morgan fingerprint density at radius 1 is 0.944 bits per heavy atom. The van der Waals surface area contributed by atoms with Crippen molar-refractivity contribution in [3.8, 4) is 0 Å². The summed E-state index contributed by atoms with van der Waals surface area (Å²) in [5, 5.41) is 0. The average Bonchev–Trinajstić information content (AvgIpc) is 2.22. The van der Waals surface area contributed by atoms with Crippen LogP contribution in [0.4, 0.5) is 0 Å². The van der Waals surface area contributed by atoms with E-state index in [1.54, 1.807) is 0 Å². The van der Waals surface area contributed by atoms with Crippen LogP contribution in [0.3, 0.4) is 0 Å². The van der Waals surface area contributed by atoms with Crippen molar-refractivity contribution >= 4 is 0 Å². The highest BCUT2D eigenvalue weighted by Crippen LogP contribution is 2.08. The van der Waals surface area contributed by atoms with Crippen LogP contribution in [0.15, 0.2) is 0 Å². The first-order valence-corrected chi connectivity index (χ1v) is 7.37. The Labute approximate surface area is 121 Å². The van der Waals surface area contributed by atoms with Crippen molar-refractivity contribution in [3.63, 3.8) is 0 Å². The molecule has 0 radical (unpaired) electrons. The van der Waals surface area contributed by atoms with Gasteiger partial charge in [0.05, 0.1) is 27.2 Å². The zero-order chi connectivity index (χ0) is 13.1. The van der Waals surface area contributed by atoms with Gasteiger partial charge in [0.1, 0.15) is 0 Å². The molecule has 0 saturated heterocycles. The molecule has 0 rings (SSSR count). The summed E-state index contributed by atoms with van der Waals surface area (Å²) in [4.78, 5) is 0. The van der Waals surface area contributed by atoms with Gasteiger partial charge in [-0.05, 0) is 18.8 Å². The lowest BCUT2D eigenvalue weighted by atomic mass is 10.1. The van der Waals surface area contributed by atoms with Crippen LogP contribution in [-0.4, -0.2) is 38.5 Å². The number of nitrogens with zero attached hydrogens (tertiary/aromatic N) is 1. The monoisotopic (exact) mass is 279 g/mol. The van der Waals surface area contributed by atoms with E-state index in [2.05, 4.69) is 34.9 Å². The largest absolute Gasteiger partial charge is 1.00 e. The molecule has 0 fully saturated rings. The number of unbranched alkanes of at least 4 members (excludes halogenated alkanes) is 5.